The van der Waals surface area contributed by atoms with Crippen LogP contribution in [0.5, 0.6) is 0 Å². The van der Waals surface area contributed by atoms with Gasteiger partial charge in [0.2, 0.25) is 5.12 Å². The van der Waals surface area contributed by atoms with Crippen molar-refractivity contribution in [1.29, 1.82) is 0 Å². The molecule has 0 aromatic carbocycles. The maximum absolute atomic E-state index is 10.7. The molecule has 0 amide bonds. The van der Waals surface area contributed by atoms with Crippen molar-refractivity contribution in [1.82, 2.24) is 0 Å². The second-order valence-corrected chi connectivity index (χ2v) is 6.87. The summed E-state index contributed by atoms with van der Waals surface area (Å²) in [4.78, 5) is 10.7. The van der Waals surface area contributed by atoms with Crippen LogP contribution < -0.4 is 0 Å². The third-order valence-electron chi connectivity index (χ3n) is 3.60. The lowest BCUT2D eigenvalue weighted by Crippen LogP contribution is -1.95. The molecule has 2 heteroatoms. The molecule has 0 aromatic rings. The molecule has 0 aliphatic rings. The fraction of sp³-hybridized carbons (Fsp3) is 0.476. The molecular weight excluding hydrogens is 300 g/mol. The lowest BCUT2D eigenvalue weighted by Gasteiger charge is -2.10. The molecular formula is C21H32OS. The van der Waals surface area contributed by atoms with Gasteiger partial charge in [-0.05, 0) is 65.9 Å². The van der Waals surface area contributed by atoms with Gasteiger partial charge in [0.25, 0.3) is 0 Å². The van der Waals surface area contributed by atoms with E-state index in [1.54, 1.807) is 0 Å². The highest BCUT2D eigenvalue weighted by Crippen LogP contribution is 2.18. The SMILES string of the molecule is C/C=C(C)/C=C(C)/C=C(C)/C=C(\C)C[C@H](C)CC/C=C/C(=O)S. The van der Waals surface area contributed by atoms with Crippen LogP contribution in [-0.2, 0) is 4.79 Å². The summed E-state index contributed by atoms with van der Waals surface area (Å²) in [5.74, 6) is 0.612. The zero-order valence-corrected chi connectivity index (χ0v) is 16.4. The highest BCUT2D eigenvalue weighted by atomic mass is 32.1. The average molecular weight is 333 g/mol. The molecule has 0 fully saturated rings. The normalized spacial score (nSPS) is 16.1. The van der Waals surface area contributed by atoms with E-state index in [9.17, 15) is 4.79 Å². The highest BCUT2D eigenvalue weighted by molar-refractivity contribution is 7.97. The van der Waals surface area contributed by atoms with Crippen molar-refractivity contribution in [3.8, 4) is 0 Å². The molecule has 23 heavy (non-hydrogen) atoms. The Hall–Kier alpha value is -1.28. The zero-order chi connectivity index (χ0) is 17.8. The number of carbonyl (C=O) groups excluding carboxylic acids is 1. The molecule has 1 nitrogen and oxygen atoms in total. The molecule has 0 aromatic heterocycles. The van der Waals surface area contributed by atoms with Gasteiger partial charge in [-0.2, -0.15) is 0 Å². The topological polar surface area (TPSA) is 17.1 Å². The summed E-state index contributed by atoms with van der Waals surface area (Å²) in [6.45, 7) is 12.9. The predicted molar refractivity (Wildman–Crippen MR) is 107 cm³/mol. The first kappa shape index (κ1) is 21.7. The van der Waals surface area contributed by atoms with Gasteiger partial charge in [-0.1, -0.05) is 59.6 Å². The third-order valence-corrected chi connectivity index (χ3v) is 3.75. The van der Waals surface area contributed by atoms with Gasteiger partial charge >= 0.3 is 0 Å². The van der Waals surface area contributed by atoms with E-state index >= 15 is 0 Å². The first-order valence-corrected chi connectivity index (χ1v) is 8.75. The summed E-state index contributed by atoms with van der Waals surface area (Å²) < 4.78 is 0. The fourth-order valence-electron chi connectivity index (χ4n) is 2.55. The smallest absolute Gasteiger partial charge is 0.208 e. The van der Waals surface area contributed by atoms with Crippen molar-refractivity contribution in [2.24, 2.45) is 5.92 Å². The van der Waals surface area contributed by atoms with Crippen molar-refractivity contribution in [3.63, 3.8) is 0 Å². The predicted octanol–water partition coefficient (Wildman–Crippen LogP) is 6.61. The van der Waals surface area contributed by atoms with E-state index in [0.717, 1.165) is 19.3 Å². The molecule has 1 atom stereocenters. The molecule has 0 rings (SSSR count). The van der Waals surface area contributed by atoms with Crippen LogP contribution in [0.25, 0.3) is 0 Å². The Morgan fingerprint density at radius 3 is 2.13 bits per heavy atom. The van der Waals surface area contributed by atoms with Crippen molar-refractivity contribution in [2.45, 2.75) is 60.8 Å². The number of thiol groups is 1. The highest BCUT2D eigenvalue weighted by Gasteiger charge is 2.02. The largest absolute Gasteiger partial charge is 0.283 e. The molecule has 0 N–H and O–H groups in total. The Balaban J connectivity index is 4.53. The van der Waals surface area contributed by atoms with Crippen LogP contribution >= 0.6 is 12.6 Å². The molecule has 0 heterocycles. The molecule has 0 aliphatic heterocycles. The summed E-state index contributed by atoms with van der Waals surface area (Å²) in [6, 6.07) is 0. The Bertz CT molecular complexity index is 530. The van der Waals surface area contributed by atoms with E-state index in [4.69, 9.17) is 0 Å². The van der Waals surface area contributed by atoms with Crippen LogP contribution in [0.2, 0.25) is 0 Å². The van der Waals surface area contributed by atoms with Gasteiger partial charge in [-0.25, -0.2) is 0 Å². The van der Waals surface area contributed by atoms with Crippen LogP contribution in [0.4, 0.5) is 0 Å². The van der Waals surface area contributed by atoms with Gasteiger partial charge in [-0.15, -0.1) is 12.6 Å². The number of hydrogen-bond donors (Lipinski definition) is 1. The number of carbonyl (C=O) groups is 1. The molecule has 0 saturated heterocycles. The first-order chi connectivity index (χ1) is 10.7. The first-order valence-electron chi connectivity index (χ1n) is 8.30. The van der Waals surface area contributed by atoms with Crippen LogP contribution in [0.1, 0.15) is 60.8 Å². The number of rotatable bonds is 9. The molecule has 0 bridgehead atoms. The molecule has 0 unspecified atom stereocenters. The van der Waals surface area contributed by atoms with E-state index in [0.29, 0.717) is 5.92 Å². The molecule has 0 saturated carbocycles. The molecule has 0 radical (unpaired) electrons. The molecule has 128 valence electrons. The number of hydrogen-bond acceptors (Lipinski definition) is 1. The van der Waals surface area contributed by atoms with Gasteiger partial charge in [0.05, 0.1) is 0 Å². The van der Waals surface area contributed by atoms with Gasteiger partial charge in [-0.3, -0.25) is 4.79 Å². The zero-order valence-electron chi connectivity index (χ0n) is 15.5. The Morgan fingerprint density at radius 2 is 1.57 bits per heavy atom. The minimum atomic E-state index is -0.175. The fourth-order valence-corrected chi connectivity index (χ4v) is 2.65. The van der Waals surface area contributed by atoms with Crippen molar-refractivity contribution in [3.05, 3.63) is 58.7 Å². The van der Waals surface area contributed by atoms with Gasteiger partial charge in [0.1, 0.15) is 0 Å². The van der Waals surface area contributed by atoms with Crippen LogP contribution in [0.15, 0.2) is 58.7 Å². The monoisotopic (exact) mass is 332 g/mol. The molecule has 0 spiro atoms. The second kappa shape index (κ2) is 12.2. The summed E-state index contributed by atoms with van der Waals surface area (Å²) in [7, 11) is 0. The minimum absolute atomic E-state index is 0.175. The van der Waals surface area contributed by atoms with E-state index in [1.807, 2.05) is 6.08 Å². The third kappa shape index (κ3) is 12.9. The van der Waals surface area contributed by atoms with E-state index in [2.05, 4.69) is 78.5 Å². The Kier molecular flexibility index (Phi) is 11.5. The average Bonchev–Trinajstić information content (AvgIpc) is 2.42. The second-order valence-electron chi connectivity index (χ2n) is 6.43. The summed E-state index contributed by atoms with van der Waals surface area (Å²) in [5, 5.41) is -0.175. The summed E-state index contributed by atoms with van der Waals surface area (Å²) in [6.07, 6.45) is 15.4. The van der Waals surface area contributed by atoms with Crippen molar-refractivity contribution >= 4 is 17.7 Å². The number of allylic oxidation sites excluding steroid dienone is 9. The minimum Gasteiger partial charge on any atom is -0.283 e. The Labute approximate surface area is 148 Å². The standard InChI is InChI=1S/C21H32OS/c1-7-16(2)12-18(4)14-20(6)15-19(5)13-17(3)10-8-9-11-21(22)23/h7,9,11-12,14-15,17H,8,10,13H2,1-6H3,(H,22,23)/b11-9+,16-7+,18-12+,19-15+,20-14+/t17-/m1/s1. The van der Waals surface area contributed by atoms with Gasteiger partial charge < -0.3 is 0 Å². The van der Waals surface area contributed by atoms with Crippen LogP contribution in [0, 0.1) is 5.92 Å². The lowest BCUT2D eigenvalue weighted by atomic mass is 9.96. The quantitative estimate of drug-likeness (QED) is 0.285. The van der Waals surface area contributed by atoms with Crippen LogP contribution in [0.3, 0.4) is 0 Å². The van der Waals surface area contributed by atoms with Crippen LogP contribution in [-0.4, -0.2) is 5.12 Å². The van der Waals surface area contributed by atoms with E-state index < -0.39 is 0 Å². The van der Waals surface area contributed by atoms with Crippen molar-refractivity contribution < 1.29 is 4.79 Å². The summed E-state index contributed by atoms with van der Waals surface area (Å²) >= 11 is 3.72. The van der Waals surface area contributed by atoms with E-state index in [1.165, 1.54) is 28.4 Å². The van der Waals surface area contributed by atoms with Crippen molar-refractivity contribution in [2.75, 3.05) is 0 Å². The maximum atomic E-state index is 10.7. The maximum Gasteiger partial charge on any atom is 0.208 e. The van der Waals surface area contributed by atoms with Gasteiger partial charge in [0, 0.05) is 0 Å². The lowest BCUT2D eigenvalue weighted by molar-refractivity contribution is -0.106. The summed E-state index contributed by atoms with van der Waals surface area (Å²) in [5.41, 5.74) is 5.24. The van der Waals surface area contributed by atoms with Gasteiger partial charge in [0.15, 0.2) is 0 Å². The Morgan fingerprint density at radius 1 is 1.00 bits per heavy atom. The van der Waals surface area contributed by atoms with E-state index in [-0.39, 0.29) is 5.12 Å². The molecule has 0 aliphatic carbocycles.